The molecule has 0 spiro atoms. The molecular formula is C20H19NO4S. The van der Waals surface area contributed by atoms with Crippen LogP contribution in [-0.2, 0) is 4.79 Å². The molecule has 0 bridgehead atoms. The van der Waals surface area contributed by atoms with Gasteiger partial charge < -0.3 is 14.3 Å². The summed E-state index contributed by atoms with van der Waals surface area (Å²) >= 11 is 1.13. The van der Waals surface area contributed by atoms with Crippen LogP contribution in [0.4, 0.5) is 0 Å². The average molecular weight is 369 g/mol. The molecule has 3 rings (SSSR count). The number of aliphatic carboxylic acids is 1. The van der Waals surface area contributed by atoms with E-state index >= 15 is 0 Å². The Bertz CT molecular complexity index is 875. The first kappa shape index (κ1) is 18.1. The highest BCUT2D eigenvalue weighted by molar-refractivity contribution is 8.00. The number of methoxy groups -OCH3 is 1. The smallest absolute Gasteiger partial charge is 0.317 e. The standard InChI is InChI=1S/C20H19NO4S/c1-3-16(19(22)23)26-20-21-17(13-9-11-15(24-2)12-10-13)18(25-20)14-7-5-4-6-8-14/h4-12,16H,3H2,1-2H3,(H,22,23). The first-order valence-electron chi connectivity index (χ1n) is 8.22. The molecule has 0 aliphatic heterocycles. The van der Waals surface area contributed by atoms with Crippen LogP contribution in [0.5, 0.6) is 5.75 Å². The molecule has 1 heterocycles. The van der Waals surface area contributed by atoms with Gasteiger partial charge >= 0.3 is 5.97 Å². The fraction of sp³-hybridized carbons (Fsp3) is 0.200. The minimum atomic E-state index is -0.872. The fourth-order valence-electron chi connectivity index (χ4n) is 2.51. The first-order chi connectivity index (χ1) is 12.6. The number of aromatic nitrogens is 1. The van der Waals surface area contributed by atoms with Gasteiger partial charge in [-0.05, 0) is 30.7 Å². The van der Waals surface area contributed by atoms with Crippen molar-refractivity contribution in [1.82, 2.24) is 4.98 Å². The van der Waals surface area contributed by atoms with Gasteiger partial charge in [0.15, 0.2) is 5.76 Å². The highest BCUT2D eigenvalue weighted by atomic mass is 32.2. The zero-order valence-electron chi connectivity index (χ0n) is 14.5. The van der Waals surface area contributed by atoms with Crippen LogP contribution >= 0.6 is 11.8 Å². The monoisotopic (exact) mass is 369 g/mol. The number of hydrogen-bond acceptors (Lipinski definition) is 5. The average Bonchev–Trinajstić information content (AvgIpc) is 3.10. The Hall–Kier alpha value is -2.73. The number of benzene rings is 2. The highest BCUT2D eigenvalue weighted by Gasteiger charge is 2.23. The van der Waals surface area contributed by atoms with Crippen molar-refractivity contribution in [3.05, 3.63) is 54.6 Å². The molecule has 134 valence electrons. The molecule has 0 amide bonds. The molecule has 2 aromatic carbocycles. The first-order valence-corrected chi connectivity index (χ1v) is 9.10. The van der Waals surface area contributed by atoms with Crippen molar-refractivity contribution >= 4 is 17.7 Å². The Morgan fingerprint density at radius 3 is 2.42 bits per heavy atom. The quantitative estimate of drug-likeness (QED) is 0.593. The predicted molar refractivity (Wildman–Crippen MR) is 101 cm³/mol. The summed E-state index contributed by atoms with van der Waals surface area (Å²) in [7, 11) is 1.62. The van der Waals surface area contributed by atoms with Crippen LogP contribution in [0.25, 0.3) is 22.6 Å². The van der Waals surface area contributed by atoms with E-state index in [1.54, 1.807) is 7.11 Å². The molecule has 1 N–H and O–H groups in total. The number of carboxylic acid groups (broad SMARTS) is 1. The van der Waals surface area contributed by atoms with Crippen molar-refractivity contribution in [3.63, 3.8) is 0 Å². The van der Waals surface area contributed by atoms with Crippen molar-refractivity contribution in [2.24, 2.45) is 0 Å². The van der Waals surface area contributed by atoms with Crippen LogP contribution in [0.1, 0.15) is 13.3 Å². The minimum absolute atomic E-state index is 0.351. The number of oxazole rings is 1. The summed E-state index contributed by atoms with van der Waals surface area (Å²) in [5.41, 5.74) is 2.45. The van der Waals surface area contributed by atoms with E-state index in [1.165, 1.54) is 0 Å². The Balaban J connectivity index is 2.04. The van der Waals surface area contributed by atoms with E-state index in [0.717, 1.165) is 28.6 Å². The zero-order valence-corrected chi connectivity index (χ0v) is 15.3. The molecule has 1 unspecified atom stereocenters. The molecule has 0 fully saturated rings. The lowest BCUT2D eigenvalue weighted by molar-refractivity contribution is -0.136. The van der Waals surface area contributed by atoms with E-state index in [-0.39, 0.29) is 0 Å². The molecule has 26 heavy (non-hydrogen) atoms. The highest BCUT2D eigenvalue weighted by Crippen LogP contribution is 2.37. The summed E-state index contributed by atoms with van der Waals surface area (Å²) in [6, 6.07) is 17.2. The molecule has 0 saturated carbocycles. The normalized spacial score (nSPS) is 11.9. The van der Waals surface area contributed by atoms with E-state index in [1.807, 2.05) is 61.5 Å². The van der Waals surface area contributed by atoms with Gasteiger partial charge in [0.2, 0.25) is 0 Å². The summed E-state index contributed by atoms with van der Waals surface area (Å²) in [5.74, 6) is 0.506. The maximum absolute atomic E-state index is 11.3. The number of ether oxygens (including phenoxy) is 1. The SMILES string of the molecule is CCC(Sc1nc(-c2ccc(OC)cc2)c(-c2ccccc2)o1)C(=O)O. The van der Waals surface area contributed by atoms with Crippen LogP contribution in [-0.4, -0.2) is 28.4 Å². The summed E-state index contributed by atoms with van der Waals surface area (Å²) in [6.07, 6.45) is 0.487. The topological polar surface area (TPSA) is 72.6 Å². The Labute approximate surface area is 156 Å². The molecule has 6 heteroatoms. The van der Waals surface area contributed by atoms with Gasteiger partial charge in [-0.1, -0.05) is 49.0 Å². The van der Waals surface area contributed by atoms with Gasteiger partial charge in [-0.2, -0.15) is 0 Å². The van der Waals surface area contributed by atoms with Crippen molar-refractivity contribution in [1.29, 1.82) is 0 Å². The molecule has 0 radical (unpaired) electrons. The lowest BCUT2D eigenvalue weighted by Crippen LogP contribution is -2.14. The van der Waals surface area contributed by atoms with Crippen molar-refractivity contribution in [2.45, 2.75) is 23.8 Å². The van der Waals surface area contributed by atoms with Crippen LogP contribution in [0.3, 0.4) is 0 Å². The Morgan fingerprint density at radius 1 is 1.15 bits per heavy atom. The van der Waals surface area contributed by atoms with Gasteiger partial charge in [0.05, 0.1) is 7.11 Å². The lowest BCUT2D eigenvalue weighted by atomic mass is 10.1. The molecule has 0 aliphatic rings. The zero-order chi connectivity index (χ0) is 18.5. The van der Waals surface area contributed by atoms with Crippen LogP contribution in [0.2, 0.25) is 0 Å². The van der Waals surface area contributed by atoms with Crippen molar-refractivity contribution in [2.75, 3.05) is 7.11 Å². The van der Waals surface area contributed by atoms with Crippen LogP contribution in [0.15, 0.2) is 64.2 Å². The third-order valence-electron chi connectivity index (χ3n) is 3.90. The number of hydrogen-bond donors (Lipinski definition) is 1. The molecule has 0 saturated heterocycles. The van der Waals surface area contributed by atoms with Gasteiger partial charge in [0, 0.05) is 11.1 Å². The summed E-state index contributed by atoms with van der Waals surface area (Å²) in [5, 5.41) is 9.05. The van der Waals surface area contributed by atoms with E-state index < -0.39 is 11.2 Å². The van der Waals surface area contributed by atoms with Gasteiger partial charge in [-0.25, -0.2) is 4.98 Å². The van der Waals surface area contributed by atoms with Gasteiger partial charge in [0.1, 0.15) is 16.7 Å². The Kier molecular flexibility index (Phi) is 5.63. The van der Waals surface area contributed by atoms with E-state index in [2.05, 4.69) is 4.98 Å². The maximum Gasteiger partial charge on any atom is 0.317 e. The van der Waals surface area contributed by atoms with Gasteiger partial charge in [-0.3, -0.25) is 4.79 Å². The number of carboxylic acids is 1. The number of carbonyl (C=O) groups is 1. The van der Waals surface area contributed by atoms with E-state index in [0.29, 0.717) is 23.1 Å². The summed E-state index contributed by atoms with van der Waals surface area (Å²) < 4.78 is 11.2. The largest absolute Gasteiger partial charge is 0.497 e. The lowest BCUT2D eigenvalue weighted by Gasteiger charge is -2.04. The summed E-state index contributed by atoms with van der Waals surface area (Å²) in [4.78, 5) is 15.9. The second-order valence-corrected chi connectivity index (χ2v) is 6.76. The molecular weight excluding hydrogens is 350 g/mol. The molecule has 3 aromatic rings. The van der Waals surface area contributed by atoms with Crippen LogP contribution < -0.4 is 4.74 Å². The number of thioether (sulfide) groups is 1. The number of nitrogens with zero attached hydrogens (tertiary/aromatic N) is 1. The number of rotatable bonds is 7. The van der Waals surface area contributed by atoms with E-state index in [4.69, 9.17) is 9.15 Å². The molecule has 1 aromatic heterocycles. The Morgan fingerprint density at radius 2 is 1.85 bits per heavy atom. The molecule has 5 nitrogen and oxygen atoms in total. The van der Waals surface area contributed by atoms with Crippen molar-refractivity contribution < 1.29 is 19.1 Å². The predicted octanol–water partition coefficient (Wildman–Crippen LogP) is 4.97. The van der Waals surface area contributed by atoms with E-state index in [9.17, 15) is 9.90 Å². The third kappa shape index (κ3) is 3.91. The minimum Gasteiger partial charge on any atom is -0.497 e. The van der Waals surface area contributed by atoms with Gasteiger partial charge in [-0.15, -0.1) is 0 Å². The molecule has 0 aliphatic carbocycles. The second kappa shape index (κ2) is 8.10. The van der Waals surface area contributed by atoms with Crippen LogP contribution in [0, 0.1) is 0 Å². The van der Waals surface area contributed by atoms with Gasteiger partial charge in [0.25, 0.3) is 5.22 Å². The fourth-order valence-corrected chi connectivity index (χ4v) is 3.30. The summed E-state index contributed by atoms with van der Waals surface area (Å²) in [6.45, 7) is 1.83. The third-order valence-corrected chi connectivity index (χ3v) is 5.09. The second-order valence-electron chi connectivity index (χ2n) is 5.61. The maximum atomic E-state index is 11.3. The molecule has 1 atom stereocenters. The van der Waals surface area contributed by atoms with Crippen molar-refractivity contribution in [3.8, 4) is 28.3 Å².